The van der Waals surface area contributed by atoms with E-state index in [-0.39, 0.29) is 0 Å². The first-order valence-corrected chi connectivity index (χ1v) is 8.16. The first-order valence-electron chi connectivity index (χ1n) is 8.16. The molecule has 2 rings (SSSR count). The van der Waals surface area contributed by atoms with E-state index in [9.17, 15) is 0 Å². The lowest BCUT2D eigenvalue weighted by molar-refractivity contribution is 0.360. The molecule has 4 heteroatoms. The average Bonchev–Trinajstić information content (AvgIpc) is 2.62. The van der Waals surface area contributed by atoms with Gasteiger partial charge in [0.15, 0.2) is 0 Å². The third-order valence-electron chi connectivity index (χ3n) is 3.92. The molecule has 2 heterocycles. The molecule has 1 N–H and O–H groups in total. The van der Waals surface area contributed by atoms with E-state index in [1.165, 1.54) is 18.5 Å². The van der Waals surface area contributed by atoms with Crippen molar-refractivity contribution in [3.8, 4) is 0 Å². The predicted octanol–water partition coefficient (Wildman–Crippen LogP) is 2.28. The van der Waals surface area contributed by atoms with Crippen LogP contribution in [-0.4, -0.2) is 49.7 Å². The molecule has 118 valence electrons. The van der Waals surface area contributed by atoms with Crippen molar-refractivity contribution in [1.29, 1.82) is 0 Å². The van der Waals surface area contributed by atoms with E-state index in [1.807, 2.05) is 0 Å². The van der Waals surface area contributed by atoms with Crippen LogP contribution in [0.1, 0.15) is 31.5 Å². The minimum atomic E-state index is 0.688. The molecular weight excluding hydrogens is 260 g/mol. The van der Waals surface area contributed by atoms with Crippen LogP contribution in [0.3, 0.4) is 0 Å². The summed E-state index contributed by atoms with van der Waals surface area (Å²) in [5.74, 6) is 1.83. The van der Waals surface area contributed by atoms with Crippen LogP contribution in [0.25, 0.3) is 0 Å². The van der Waals surface area contributed by atoms with Gasteiger partial charge in [-0.05, 0) is 57.1 Å². The minimum Gasteiger partial charge on any atom is -0.355 e. The summed E-state index contributed by atoms with van der Waals surface area (Å²) in [5, 5.41) is 3.52. The lowest BCUT2D eigenvalue weighted by atomic mass is 10.2. The van der Waals surface area contributed by atoms with Crippen molar-refractivity contribution >= 4 is 5.82 Å². The molecule has 21 heavy (non-hydrogen) atoms. The maximum atomic E-state index is 4.75. The van der Waals surface area contributed by atoms with E-state index in [1.54, 1.807) is 0 Å². The van der Waals surface area contributed by atoms with E-state index in [2.05, 4.69) is 55.1 Å². The molecule has 1 aliphatic heterocycles. The fourth-order valence-corrected chi connectivity index (χ4v) is 2.77. The third-order valence-corrected chi connectivity index (χ3v) is 3.92. The molecular formula is C17H30N4. The summed E-state index contributed by atoms with van der Waals surface area (Å²) in [6.45, 7) is 13.1. The van der Waals surface area contributed by atoms with Gasteiger partial charge in [-0.3, -0.25) is 0 Å². The molecule has 1 aromatic heterocycles. The number of nitrogens with one attached hydrogen (secondary N) is 1. The van der Waals surface area contributed by atoms with Crippen LogP contribution in [0.2, 0.25) is 0 Å². The monoisotopic (exact) mass is 290 g/mol. The van der Waals surface area contributed by atoms with Crippen molar-refractivity contribution in [3.05, 3.63) is 23.4 Å². The van der Waals surface area contributed by atoms with Gasteiger partial charge in [0.05, 0.1) is 0 Å². The molecule has 0 unspecified atom stereocenters. The molecule has 0 saturated carbocycles. The van der Waals surface area contributed by atoms with Crippen molar-refractivity contribution in [2.45, 2.75) is 33.7 Å². The number of likely N-dealkylation sites (N-methyl/N-ethyl adjacent to an activating group) is 1. The number of anilines is 1. The Kier molecular flexibility index (Phi) is 6.00. The van der Waals surface area contributed by atoms with E-state index in [0.29, 0.717) is 5.92 Å². The maximum Gasteiger partial charge on any atom is 0.129 e. The van der Waals surface area contributed by atoms with Gasteiger partial charge in [0.25, 0.3) is 0 Å². The van der Waals surface area contributed by atoms with Gasteiger partial charge in [0.2, 0.25) is 0 Å². The molecule has 1 fully saturated rings. The SMILES string of the molecule is Cc1cc(CNCC(C)C)cc(N2CCCN(C)CC2)n1. The van der Waals surface area contributed by atoms with Crippen LogP contribution >= 0.6 is 0 Å². The third kappa shape index (κ3) is 5.29. The highest BCUT2D eigenvalue weighted by Gasteiger charge is 2.14. The van der Waals surface area contributed by atoms with E-state index in [0.717, 1.165) is 44.2 Å². The van der Waals surface area contributed by atoms with Gasteiger partial charge in [0, 0.05) is 31.9 Å². The van der Waals surface area contributed by atoms with Gasteiger partial charge in [-0.15, -0.1) is 0 Å². The molecule has 0 atom stereocenters. The van der Waals surface area contributed by atoms with Crippen molar-refractivity contribution in [1.82, 2.24) is 15.2 Å². The van der Waals surface area contributed by atoms with Crippen LogP contribution in [0.4, 0.5) is 5.82 Å². The Labute approximate surface area is 129 Å². The highest BCUT2D eigenvalue weighted by molar-refractivity contribution is 5.43. The molecule has 0 spiro atoms. The van der Waals surface area contributed by atoms with Crippen LogP contribution < -0.4 is 10.2 Å². The molecule has 1 aromatic rings. The second-order valence-electron chi connectivity index (χ2n) is 6.64. The van der Waals surface area contributed by atoms with Crippen molar-refractivity contribution in [3.63, 3.8) is 0 Å². The quantitative estimate of drug-likeness (QED) is 0.901. The number of rotatable bonds is 5. The largest absolute Gasteiger partial charge is 0.355 e. The zero-order valence-corrected chi connectivity index (χ0v) is 14.0. The Morgan fingerprint density at radius 3 is 2.76 bits per heavy atom. The summed E-state index contributed by atoms with van der Waals surface area (Å²) in [7, 11) is 2.20. The number of pyridine rings is 1. The number of hydrogen-bond acceptors (Lipinski definition) is 4. The molecule has 1 saturated heterocycles. The summed E-state index contributed by atoms with van der Waals surface area (Å²) < 4.78 is 0. The summed E-state index contributed by atoms with van der Waals surface area (Å²) >= 11 is 0. The number of hydrogen-bond donors (Lipinski definition) is 1. The maximum absolute atomic E-state index is 4.75. The summed E-state index contributed by atoms with van der Waals surface area (Å²) in [6, 6.07) is 4.45. The molecule has 1 aliphatic rings. The molecule has 0 aliphatic carbocycles. The molecule has 0 amide bonds. The second kappa shape index (κ2) is 7.76. The molecule has 0 radical (unpaired) electrons. The first-order chi connectivity index (χ1) is 10.0. The zero-order chi connectivity index (χ0) is 15.2. The number of aromatic nitrogens is 1. The van der Waals surface area contributed by atoms with Gasteiger partial charge in [0.1, 0.15) is 5.82 Å². The van der Waals surface area contributed by atoms with Crippen LogP contribution in [0.5, 0.6) is 0 Å². The van der Waals surface area contributed by atoms with Gasteiger partial charge >= 0.3 is 0 Å². The normalized spacial score (nSPS) is 17.3. The topological polar surface area (TPSA) is 31.4 Å². The van der Waals surface area contributed by atoms with Crippen LogP contribution in [-0.2, 0) is 6.54 Å². The summed E-state index contributed by atoms with van der Waals surface area (Å²) in [5.41, 5.74) is 2.46. The lowest BCUT2D eigenvalue weighted by Crippen LogP contribution is -2.29. The Morgan fingerprint density at radius 2 is 2.00 bits per heavy atom. The van der Waals surface area contributed by atoms with E-state index < -0.39 is 0 Å². The van der Waals surface area contributed by atoms with Crippen LogP contribution in [0.15, 0.2) is 12.1 Å². The highest BCUT2D eigenvalue weighted by Crippen LogP contribution is 2.17. The zero-order valence-electron chi connectivity index (χ0n) is 14.0. The van der Waals surface area contributed by atoms with Gasteiger partial charge in [-0.2, -0.15) is 0 Å². The van der Waals surface area contributed by atoms with Crippen LogP contribution in [0, 0.1) is 12.8 Å². The van der Waals surface area contributed by atoms with Gasteiger partial charge in [-0.25, -0.2) is 4.98 Å². The van der Waals surface area contributed by atoms with Crippen molar-refractivity contribution < 1.29 is 0 Å². The fraction of sp³-hybridized carbons (Fsp3) is 0.706. The Bertz CT molecular complexity index is 444. The standard InChI is InChI=1S/C17H30N4/c1-14(2)12-18-13-16-10-15(3)19-17(11-16)21-7-5-6-20(4)8-9-21/h10-11,14,18H,5-9,12-13H2,1-4H3. The van der Waals surface area contributed by atoms with Crippen molar-refractivity contribution in [2.75, 3.05) is 44.7 Å². The molecule has 0 aromatic carbocycles. The van der Waals surface area contributed by atoms with E-state index in [4.69, 9.17) is 4.98 Å². The van der Waals surface area contributed by atoms with Gasteiger partial charge in [-0.1, -0.05) is 13.8 Å². The van der Waals surface area contributed by atoms with Crippen molar-refractivity contribution in [2.24, 2.45) is 5.92 Å². The number of aryl methyl sites for hydroxylation is 1. The molecule has 4 nitrogen and oxygen atoms in total. The first kappa shape index (κ1) is 16.2. The minimum absolute atomic E-state index is 0.688. The summed E-state index contributed by atoms with van der Waals surface area (Å²) in [6.07, 6.45) is 1.22. The number of nitrogens with zero attached hydrogens (tertiary/aromatic N) is 3. The molecule has 0 bridgehead atoms. The smallest absolute Gasteiger partial charge is 0.129 e. The second-order valence-corrected chi connectivity index (χ2v) is 6.64. The van der Waals surface area contributed by atoms with E-state index >= 15 is 0 Å². The Morgan fingerprint density at radius 1 is 1.19 bits per heavy atom. The average molecular weight is 290 g/mol. The Hall–Kier alpha value is -1.13. The fourth-order valence-electron chi connectivity index (χ4n) is 2.77. The summed E-state index contributed by atoms with van der Waals surface area (Å²) in [4.78, 5) is 9.58. The lowest BCUT2D eigenvalue weighted by Gasteiger charge is -2.23. The Balaban J connectivity index is 2.03. The predicted molar refractivity (Wildman–Crippen MR) is 89.8 cm³/mol. The highest BCUT2D eigenvalue weighted by atomic mass is 15.2. The van der Waals surface area contributed by atoms with Gasteiger partial charge < -0.3 is 15.1 Å².